The number of nitrogens with one attached hydrogen (secondary N) is 2. The summed E-state index contributed by atoms with van der Waals surface area (Å²) in [5.41, 5.74) is 8.88. The van der Waals surface area contributed by atoms with E-state index in [2.05, 4.69) is 38.8 Å². The van der Waals surface area contributed by atoms with Crippen LogP contribution in [0, 0.1) is 20.8 Å². The highest BCUT2D eigenvalue weighted by Gasteiger charge is 2.18. The maximum absolute atomic E-state index is 12.6. The number of amides is 1. The number of rotatable bonds is 12. The van der Waals surface area contributed by atoms with Crippen LogP contribution in [0.3, 0.4) is 0 Å². The molecule has 0 saturated carbocycles. The van der Waals surface area contributed by atoms with Crippen molar-refractivity contribution in [3.05, 3.63) is 82.1 Å². The monoisotopic (exact) mass is 595 g/mol. The maximum Gasteiger partial charge on any atom is 0.244 e. The number of pyridine rings is 1. The SMILES string of the molecule is COc1cc(/C=C/C(=O)NCCCNc2c3c(nc4ccccc24)CCCC3)cc(OC)c1OCc1nc(C)c(C)nc1C. The standard InChI is InChI=1S/C35H41N5O4/c1-22-23(2)39-30(24(3)38-22)21-44-35-31(42-4)19-25(20-32(35)43-5)15-16-33(41)36-17-10-18-37-34-26-11-6-8-13-28(26)40-29-14-9-7-12-27(29)34/h6,8,11,13,15-16,19-20H,7,9-10,12,14,17-18,21H2,1-5H3,(H,36,41)(H,37,40)/b16-15+. The van der Waals surface area contributed by atoms with Crippen LogP contribution in [0.4, 0.5) is 5.69 Å². The third-order valence-corrected chi connectivity index (χ3v) is 7.97. The van der Waals surface area contributed by atoms with E-state index in [9.17, 15) is 4.79 Å². The zero-order chi connectivity index (χ0) is 31.1. The number of para-hydroxylation sites is 1. The average Bonchev–Trinajstić information content (AvgIpc) is 3.04. The molecule has 0 atom stereocenters. The molecule has 2 aromatic heterocycles. The fraction of sp³-hybridized carbons (Fsp3) is 0.371. The minimum atomic E-state index is -0.168. The number of carbonyl (C=O) groups excluding carboxylic acids is 1. The van der Waals surface area contributed by atoms with Gasteiger partial charge in [-0.05, 0) is 88.3 Å². The van der Waals surface area contributed by atoms with Crippen LogP contribution in [0.1, 0.15) is 58.9 Å². The van der Waals surface area contributed by atoms with Crippen molar-refractivity contribution in [2.75, 3.05) is 32.6 Å². The lowest BCUT2D eigenvalue weighted by Crippen LogP contribution is -2.24. The van der Waals surface area contributed by atoms with Gasteiger partial charge in [0.15, 0.2) is 11.5 Å². The van der Waals surface area contributed by atoms with Gasteiger partial charge in [-0.15, -0.1) is 0 Å². The average molecular weight is 596 g/mol. The van der Waals surface area contributed by atoms with E-state index in [-0.39, 0.29) is 12.5 Å². The smallest absolute Gasteiger partial charge is 0.244 e. The molecule has 4 aromatic rings. The fourth-order valence-electron chi connectivity index (χ4n) is 5.50. The highest BCUT2D eigenvalue weighted by Crippen LogP contribution is 2.39. The number of carbonyl (C=O) groups is 1. The first-order valence-electron chi connectivity index (χ1n) is 15.2. The molecule has 2 aromatic carbocycles. The van der Waals surface area contributed by atoms with Gasteiger partial charge in [-0.1, -0.05) is 18.2 Å². The Kier molecular flexibility index (Phi) is 9.94. The molecule has 1 aliphatic carbocycles. The summed E-state index contributed by atoms with van der Waals surface area (Å²) < 4.78 is 17.3. The van der Waals surface area contributed by atoms with Gasteiger partial charge in [-0.3, -0.25) is 19.7 Å². The molecule has 230 valence electrons. The summed E-state index contributed by atoms with van der Waals surface area (Å²) in [6, 6.07) is 11.9. The zero-order valence-electron chi connectivity index (χ0n) is 26.3. The van der Waals surface area contributed by atoms with Gasteiger partial charge in [0.1, 0.15) is 6.61 Å². The van der Waals surface area contributed by atoms with E-state index in [0.29, 0.717) is 23.8 Å². The van der Waals surface area contributed by atoms with Crippen LogP contribution in [0.15, 0.2) is 42.5 Å². The van der Waals surface area contributed by atoms with Crippen molar-refractivity contribution in [2.24, 2.45) is 0 Å². The van der Waals surface area contributed by atoms with E-state index in [1.165, 1.54) is 35.9 Å². The highest BCUT2D eigenvalue weighted by atomic mass is 16.5. The van der Waals surface area contributed by atoms with Crippen molar-refractivity contribution in [3.63, 3.8) is 0 Å². The van der Waals surface area contributed by atoms with Gasteiger partial charge in [0.05, 0.1) is 42.5 Å². The summed E-state index contributed by atoms with van der Waals surface area (Å²) in [7, 11) is 3.14. The Morgan fingerprint density at radius 1 is 0.909 bits per heavy atom. The molecule has 9 heteroatoms. The number of aryl methyl sites for hydroxylation is 4. The molecule has 9 nitrogen and oxygen atoms in total. The Morgan fingerprint density at radius 2 is 1.64 bits per heavy atom. The van der Waals surface area contributed by atoms with Crippen molar-refractivity contribution in [2.45, 2.75) is 59.5 Å². The molecule has 2 N–H and O–H groups in total. The fourth-order valence-corrected chi connectivity index (χ4v) is 5.50. The Morgan fingerprint density at radius 3 is 2.41 bits per heavy atom. The first-order valence-corrected chi connectivity index (χ1v) is 15.2. The quantitative estimate of drug-likeness (QED) is 0.150. The summed E-state index contributed by atoms with van der Waals surface area (Å²) in [5, 5.41) is 7.80. The highest BCUT2D eigenvalue weighted by molar-refractivity contribution is 5.94. The molecule has 0 unspecified atom stereocenters. The lowest BCUT2D eigenvalue weighted by Gasteiger charge is -2.21. The molecule has 0 spiro atoms. The second-order valence-corrected chi connectivity index (χ2v) is 11.0. The topological polar surface area (TPSA) is 107 Å². The molecule has 0 aliphatic heterocycles. The summed E-state index contributed by atoms with van der Waals surface area (Å²) in [5.74, 6) is 1.29. The van der Waals surface area contributed by atoms with Crippen molar-refractivity contribution < 1.29 is 19.0 Å². The third-order valence-electron chi connectivity index (χ3n) is 7.97. The van der Waals surface area contributed by atoms with Gasteiger partial charge in [0.2, 0.25) is 11.7 Å². The van der Waals surface area contributed by atoms with E-state index in [1.807, 2.05) is 39.0 Å². The van der Waals surface area contributed by atoms with Crippen LogP contribution >= 0.6 is 0 Å². The summed E-state index contributed by atoms with van der Waals surface area (Å²) in [6.45, 7) is 7.31. The minimum Gasteiger partial charge on any atom is -0.493 e. The third kappa shape index (κ3) is 7.10. The van der Waals surface area contributed by atoms with Gasteiger partial charge < -0.3 is 24.8 Å². The Hall–Kier alpha value is -4.66. The van der Waals surface area contributed by atoms with Crippen LogP contribution < -0.4 is 24.8 Å². The van der Waals surface area contributed by atoms with E-state index in [0.717, 1.165) is 65.0 Å². The molecule has 0 fully saturated rings. The number of fused-ring (bicyclic) bond motifs is 2. The normalized spacial score (nSPS) is 12.7. The van der Waals surface area contributed by atoms with Crippen LogP contribution in [-0.4, -0.2) is 48.2 Å². The first kappa shape index (κ1) is 30.8. The van der Waals surface area contributed by atoms with E-state index in [1.54, 1.807) is 20.3 Å². The second-order valence-electron chi connectivity index (χ2n) is 11.0. The molecule has 0 radical (unpaired) electrons. The second kappa shape index (κ2) is 14.2. The van der Waals surface area contributed by atoms with Gasteiger partial charge >= 0.3 is 0 Å². The Labute approximate surface area is 259 Å². The molecule has 0 bridgehead atoms. The number of hydrogen-bond donors (Lipinski definition) is 2. The number of aromatic nitrogens is 3. The van der Waals surface area contributed by atoms with Gasteiger partial charge in [0.25, 0.3) is 0 Å². The first-order chi connectivity index (χ1) is 21.4. The number of benzene rings is 2. The number of ether oxygens (including phenoxy) is 3. The van der Waals surface area contributed by atoms with Crippen molar-refractivity contribution in [1.82, 2.24) is 20.3 Å². The van der Waals surface area contributed by atoms with Gasteiger partial charge in [-0.2, -0.15) is 0 Å². The van der Waals surface area contributed by atoms with Crippen molar-refractivity contribution in [3.8, 4) is 17.2 Å². The Bertz CT molecular complexity index is 1660. The molecule has 0 saturated heterocycles. The van der Waals surface area contributed by atoms with Gasteiger partial charge in [0, 0.05) is 35.9 Å². The summed E-state index contributed by atoms with van der Waals surface area (Å²) in [6.07, 6.45) is 8.52. The molecule has 44 heavy (non-hydrogen) atoms. The number of hydrogen-bond acceptors (Lipinski definition) is 8. The molecular formula is C35H41N5O4. The molecular weight excluding hydrogens is 554 g/mol. The lowest BCUT2D eigenvalue weighted by atomic mass is 9.92. The van der Waals surface area contributed by atoms with E-state index in [4.69, 9.17) is 19.2 Å². The summed E-state index contributed by atoms with van der Waals surface area (Å²) >= 11 is 0. The van der Waals surface area contributed by atoms with Crippen LogP contribution in [-0.2, 0) is 24.2 Å². The molecule has 1 amide bonds. The van der Waals surface area contributed by atoms with Crippen LogP contribution in [0.2, 0.25) is 0 Å². The van der Waals surface area contributed by atoms with E-state index >= 15 is 0 Å². The zero-order valence-corrected chi connectivity index (χ0v) is 26.3. The molecule has 1 aliphatic rings. The van der Waals surface area contributed by atoms with E-state index < -0.39 is 0 Å². The summed E-state index contributed by atoms with van der Waals surface area (Å²) in [4.78, 5) is 26.7. The van der Waals surface area contributed by atoms with Gasteiger partial charge in [-0.25, -0.2) is 0 Å². The largest absolute Gasteiger partial charge is 0.493 e. The number of methoxy groups -OCH3 is 2. The molecule has 2 heterocycles. The minimum absolute atomic E-state index is 0.168. The van der Waals surface area contributed by atoms with Crippen LogP contribution in [0.5, 0.6) is 17.2 Å². The lowest BCUT2D eigenvalue weighted by molar-refractivity contribution is -0.116. The Balaban J connectivity index is 1.16. The number of nitrogens with zero attached hydrogens (tertiary/aromatic N) is 3. The van der Waals surface area contributed by atoms with Crippen molar-refractivity contribution in [1.29, 1.82) is 0 Å². The number of anilines is 1. The predicted molar refractivity (Wildman–Crippen MR) is 174 cm³/mol. The van der Waals surface area contributed by atoms with Crippen molar-refractivity contribution >= 4 is 28.6 Å². The maximum atomic E-state index is 12.6. The predicted octanol–water partition coefficient (Wildman–Crippen LogP) is 6.06. The van der Waals surface area contributed by atoms with Crippen LogP contribution in [0.25, 0.3) is 17.0 Å². The molecule has 5 rings (SSSR count).